The topological polar surface area (TPSA) is 84.7 Å². The molecule has 1 aliphatic rings. The van der Waals surface area contributed by atoms with E-state index in [2.05, 4.69) is 12.2 Å². The molecule has 0 spiro atoms. The van der Waals surface area contributed by atoms with Crippen molar-refractivity contribution in [2.45, 2.75) is 32.7 Å². The van der Waals surface area contributed by atoms with Gasteiger partial charge in [-0.05, 0) is 43.3 Å². The molecule has 8 heteroatoms. The van der Waals surface area contributed by atoms with Crippen molar-refractivity contribution in [2.24, 2.45) is 0 Å². The Morgan fingerprint density at radius 3 is 2.56 bits per heavy atom. The molecule has 1 aromatic rings. The summed E-state index contributed by atoms with van der Waals surface area (Å²) in [5.74, 6) is -0.447. The molecule has 0 unspecified atom stereocenters. The van der Waals surface area contributed by atoms with Crippen molar-refractivity contribution in [3.05, 3.63) is 51.2 Å². The average Bonchev–Trinajstić information content (AvgIpc) is 2.60. The van der Waals surface area contributed by atoms with E-state index in [4.69, 9.17) is 17.0 Å². The molecule has 0 saturated heterocycles. The number of allylic oxidation sites excluding steroid dienone is 1. The summed E-state index contributed by atoms with van der Waals surface area (Å²) < 4.78 is 4.95. The number of hydrogen-bond donors (Lipinski definition) is 1. The van der Waals surface area contributed by atoms with Crippen LogP contribution >= 0.6 is 12.2 Å². The van der Waals surface area contributed by atoms with Crippen molar-refractivity contribution in [2.75, 3.05) is 13.7 Å². The number of carbonyl (C=O) groups excluding carboxylic acids is 1. The number of rotatable bonds is 6. The van der Waals surface area contributed by atoms with Crippen LogP contribution in [-0.2, 0) is 9.53 Å². The molecule has 1 aliphatic heterocycles. The predicted molar refractivity (Wildman–Crippen MR) is 97.9 cm³/mol. The maximum absolute atomic E-state index is 12.4. The molecule has 0 bridgehead atoms. The van der Waals surface area contributed by atoms with Gasteiger partial charge in [0.1, 0.15) is 0 Å². The van der Waals surface area contributed by atoms with Gasteiger partial charge >= 0.3 is 5.97 Å². The van der Waals surface area contributed by atoms with Gasteiger partial charge in [0.15, 0.2) is 5.11 Å². The lowest BCUT2D eigenvalue weighted by Crippen LogP contribution is -2.48. The fourth-order valence-corrected chi connectivity index (χ4v) is 3.13. The summed E-state index contributed by atoms with van der Waals surface area (Å²) in [5, 5.41) is 14.5. The van der Waals surface area contributed by atoms with Gasteiger partial charge < -0.3 is 15.0 Å². The first-order chi connectivity index (χ1) is 11.9. The second kappa shape index (κ2) is 8.06. The minimum absolute atomic E-state index is 0.00738. The summed E-state index contributed by atoms with van der Waals surface area (Å²) in [7, 11) is 1.33. The minimum atomic E-state index is -0.501. The van der Waals surface area contributed by atoms with Crippen LogP contribution < -0.4 is 5.32 Å². The molecule has 0 amide bonds. The molecule has 1 N–H and O–H groups in total. The lowest BCUT2D eigenvalue weighted by molar-refractivity contribution is -0.384. The Bertz CT molecular complexity index is 715. The van der Waals surface area contributed by atoms with Crippen LogP contribution in [0.15, 0.2) is 35.5 Å². The second-order valence-corrected chi connectivity index (χ2v) is 6.11. The molecule has 0 aromatic heterocycles. The summed E-state index contributed by atoms with van der Waals surface area (Å²) in [6, 6.07) is 5.56. The predicted octanol–water partition coefficient (Wildman–Crippen LogP) is 3.07. The Kier molecular flexibility index (Phi) is 6.08. The third-order valence-corrected chi connectivity index (χ3v) is 4.51. The minimum Gasteiger partial charge on any atom is -0.466 e. The largest absolute Gasteiger partial charge is 0.466 e. The Labute approximate surface area is 151 Å². The summed E-state index contributed by atoms with van der Waals surface area (Å²) in [6.07, 6.45) is 1.95. The zero-order valence-electron chi connectivity index (χ0n) is 14.4. The van der Waals surface area contributed by atoms with E-state index >= 15 is 0 Å². The Hall–Kier alpha value is -2.48. The van der Waals surface area contributed by atoms with Gasteiger partial charge in [-0.15, -0.1) is 0 Å². The van der Waals surface area contributed by atoms with E-state index in [-0.39, 0.29) is 5.69 Å². The first-order valence-electron chi connectivity index (χ1n) is 8.02. The SMILES string of the molecule is CCCCN1C(=S)N[C@@H](c2ccc([N+](=O)[O-])cc2)C(C(=O)OC)=C1C. The average molecular weight is 363 g/mol. The Morgan fingerprint density at radius 1 is 1.40 bits per heavy atom. The highest BCUT2D eigenvalue weighted by Crippen LogP contribution is 2.32. The van der Waals surface area contributed by atoms with Crippen LogP contribution in [0.5, 0.6) is 0 Å². The zero-order chi connectivity index (χ0) is 18.6. The number of nitro groups is 1. The molecule has 1 heterocycles. The smallest absolute Gasteiger partial charge is 0.337 e. The molecule has 1 aromatic carbocycles. The van der Waals surface area contributed by atoms with E-state index in [0.29, 0.717) is 22.8 Å². The molecule has 2 rings (SSSR count). The van der Waals surface area contributed by atoms with E-state index in [1.54, 1.807) is 12.1 Å². The third kappa shape index (κ3) is 3.96. The zero-order valence-corrected chi connectivity index (χ0v) is 15.3. The van der Waals surface area contributed by atoms with Crippen LogP contribution in [0.4, 0.5) is 5.69 Å². The highest BCUT2D eigenvalue weighted by molar-refractivity contribution is 7.80. The molecule has 25 heavy (non-hydrogen) atoms. The fourth-order valence-electron chi connectivity index (χ4n) is 2.78. The van der Waals surface area contributed by atoms with E-state index in [1.165, 1.54) is 19.2 Å². The number of esters is 1. The number of methoxy groups -OCH3 is 1. The molecule has 0 saturated carbocycles. The number of nitrogens with zero attached hydrogens (tertiary/aromatic N) is 2. The van der Waals surface area contributed by atoms with Crippen molar-refractivity contribution in [1.82, 2.24) is 10.2 Å². The Morgan fingerprint density at radius 2 is 2.04 bits per heavy atom. The molecule has 0 fully saturated rings. The van der Waals surface area contributed by atoms with Crippen molar-refractivity contribution in [3.63, 3.8) is 0 Å². The number of non-ortho nitro benzene ring substituents is 1. The third-order valence-electron chi connectivity index (χ3n) is 4.17. The van der Waals surface area contributed by atoms with Crippen LogP contribution in [-0.4, -0.2) is 34.6 Å². The van der Waals surface area contributed by atoms with Gasteiger partial charge in [0, 0.05) is 24.4 Å². The first-order valence-corrected chi connectivity index (χ1v) is 8.43. The summed E-state index contributed by atoms with van der Waals surface area (Å²) in [4.78, 5) is 24.6. The van der Waals surface area contributed by atoms with E-state index in [1.807, 2.05) is 11.8 Å². The van der Waals surface area contributed by atoms with Gasteiger partial charge in [-0.1, -0.05) is 13.3 Å². The van der Waals surface area contributed by atoms with Gasteiger partial charge in [-0.2, -0.15) is 0 Å². The molecular formula is C17H21N3O4S. The molecule has 7 nitrogen and oxygen atoms in total. The monoisotopic (exact) mass is 363 g/mol. The van der Waals surface area contributed by atoms with E-state index in [0.717, 1.165) is 18.5 Å². The van der Waals surface area contributed by atoms with E-state index in [9.17, 15) is 14.9 Å². The molecule has 134 valence electrons. The second-order valence-electron chi connectivity index (χ2n) is 5.73. The summed E-state index contributed by atoms with van der Waals surface area (Å²) in [5.41, 5.74) is 1.91. The number of hydrogen-bond acceptors (Lipinski definition) is 5. The van der Waals surface area contributed by atoms with Gasteiger partial charge in [0.25, 0.3) is 5.69 Å². The van der Waals surface area contributed by atoms with Crippen molar-refractivity contribution < 1.29 is 14.5 Å². The normalized spacial score (nSPS) is 17.3. The number of unbranched alkanes of at least 4 members (excludes halogenated alkanes) is 1. The quantitative estimate of drug-likeness (QED) is 0.360. The molecule has 0 aliphatic carbocycles. The van der Waals surface area contributed by atoms with E-state index < -0.39 is 16.9 Å². The van der Waals surface area contributed by atoms with Crippen LogP contribution in [0, 0.1) is 10.1 Å². The number of thiocarbonyl (C=S) groups is 1. The summed E-state index contributed by atoms with van der Waals surface area (Å²) >= 11 is 5.46. The van der Waals surface area contributed by atoms with Gasteiger partial charge in [-0.25, -0.2) is 4.79 Å². The highest BCUT2D eigenvalue weighted by atomic mass is 32.1. The lowest BCUT2D eigenvalue weighted by Gasteiger charge is -2.37. The summed E-state index contributed by atoms with van der Waals surface area (Å²) in [6.45, 7) is 4.63. The molecule has 0 radical (unpaired) electrons. The number of nitrogens with one attached hydrogen (secondary N) is 1. The van der Waals surface area contributed by atoms with Gasteiger partial charge in [0.05, 0.1) is 23.6 Å². The lowest BCUT2D eigenvalue weighted by atomic mass is 9.94. The van der Waals surface area contributed by atoms with Crippen LogP contribution in [0.25, 0.3) is 0 Å². The number of benzene rings is 1. The Balaban J connectivity index is 2.45. The van der Waals surface area contributed by atoms with Gasteiger partial charge in [-0.3, -0.25) is 10.1 Å². The maximum Gasteiger partial charge on any atom is 0.337 e. The number of carbonyl (C=O) groups is 1. The van der Waals surface area contributed by atoms with Crippen LogP contribution in [0.1, 0.15) is 38.3 Å². The maximum atomic E-state index is 12.4. The first kappa shape index (κ1) is 18.9. The number of nitro benzene ring substituents is 1. The number of ether oxygens (including phenoxy) is 1. The molecular weight excluding hydrogens is 342 g/mol. The fraction of sp³-hybridized carbons (Fsp3) is 0.412. The van der Waals surface area contributed by atoms with Crippen LogP contribution in [0.2, 0.25) is 0 Å². The van der Waals surface area contributed by atoms with Crippen molar-refractivity contribution >= 4 is 29.0 Å². The van der Waals surface area contributed by atoms with Crippen molar-refractivity contribution in [1.29, 1.82) is 0 Å². The standard InChI is InChI=1S/C17H21N3O4S/c1-4-5-10-19-11(2)14(16(21)24-3)15(18-17(19)25)12-6-8-13(9-7-12)20(22)23/h6-9,15H,4-5,10H2,1-3H3,(H,18,25)/t15-/m0/s1. The molecule has 1 atom stereocenters. The van der Waals surface area contributed by atoms with Crippen molar-refractivity contribution in [3.8, 4) is 0 Å². The van der Waals surface area contributed by atoms with Crippen LogP contribution in [0.3, 0.4) is 0 Å². The highest BCUT2D eigenvalue weighted by Gasteiger charge is 2.34. The van der Waals surface area contributed by atoms with Gasteiger partial charge in [0.2, 0.25) is 0 Å².